The summed E-state index contributed by atoms with van der Waals surface area (Å²) in [5.41, 5.74) is 12.1. The van der Waals surface area contributed by atoms with Gasteiger partial charge in [0.2, 0.25) is 11.9 Å². The van der Waals surface area contributed by atoms with Gasteiger partial charge in [0.15, 0.2) is 11.2 Å². The zero-order valence-corrected chi connectivity index (χ0v) is 10.3. The van der Waals surface area contributed by atoms with Crippen LogP contribution in [0.25, 0.3) is 11.2 Å². The van der Waals surface area contributed by atoms with Crippen molar-refractivity contribution in [3.8, 4) is 0 Å². The number of nitrogens with two attached hydrogens (primary N) is 2. The number of aromatic nitrogens is 4. The first-order valence-electron chi connectivity index (χ1n) is 5.80. The van der Waals surface area contributed by atoms with Gasteiger partial charge >= 0.3 is 0 Å². The van der Waals surface area contributed by atoms with Crippen molar-refractivity contribution < 1.29 is 4.39 Å². The van der Waals surface area contributed by atoms with E-state index < -0.39 is 5.56 Å². The molecule has 0 aliphatic carbocycles. The summed E-state index contributed by atoms with van der Waals surface area (Å²) < 4.78 is 14.4. The molecular weight excluding hydrogens is 263 g/mol. The molecular formula is C12H11FN6O. The van der Waals surface area contributed by atoms with Gasteiger partial charge in [-0.05, 0) is 17.7 Å². The minimum atomic E-state index is -0.447. The van der Waals surface area contributed by atoms with E-state index in [9.17, 15) is 9.18 Å². The van der Waals surface area contributed by atoms with Crippen molar-refractivity contribution in [2.24, 2.45) is 0 Å². The van der Waals surface area contributed by atoms with Crippen LogP contribution in [0.5, 0.6) is 0 Å². The summed E-state index contributed by atoms with van der Waals surface area (Å²) >= 11 is 0. The molecule has 0 saturated heterocycles. The number of hydrogen-bond donors (Lipinski definition) is 3. The summed E-state index contributed by atoms with van der Waals surface area (Å²) in [5.74, 6) is -0.188. The Morgan fingerprint density at radius 1 is 1.20 bits per heavy atom. The second kappa shape index (κ2) is 4.34. The lowest BCUT2D eigenvalue weighted by Crippen LogP contribution is -2.12. The van der Waals surface area contributed by atoms with Crippen molar-refractivity contribution in [1.82, 2.24) is 19.5 Å². The maximum absolute atomic E-state index is 12.9. The molecule has 0 amide bonds. The van der Waals surface area contributed by atoms with Crippen molar-refractivity contribution in [3.63, 3.8) is 0 Å². The summed E-state index contributed by atoms with van der Waals surface area (Å²) in [7, 11) is 0. The fourth-order valence-corrected chi connectivity index (χ4v) is 1.97. The molecule has 2 aromatic heterocycles. The topological polar surface area (TPSA) is 116 Å². The third-order valence-electron chi connectivity index (χ3n) is 2.91. The van der Waals surface area contributed by atoms with Gasteiger partial charge in [-0.2, -0.15) is 4.98 Å². The van der Waals surface area contributed by atoms with Crippen LogP contribution in [-0.4, -0.2) is 19.5 Å². The number of benzene rings is 1. The van der Waals surface area contributed by atoms with Crippen LogP contribution in [0.2, 0.25) is 0 Å². The number of nitrogen functional groups attached to an aromatic ring is 2. The van der Waals surface area contributed by atoms with E-state index in [0.717, 1.165) is 5.56 Å². The van der Waals surface area contributed by atoms with Gasteiger partial charge in [-0.15, -0.1) is 0 Å². The first kappa shape index (κ1) is 12.2. The number of hydrogen-bond acceptors (Lipinski definition) is 5. The summed E-state index contributed by atoms with van der Waals surface area (Å²) in [6.45, 7) is 0.318. The number of imidazole rings is 1. The van der Waals surface area contributed by atoms with Gasteiger partial charge < -0.3 is 11.5 Å². The molecule has 0 fully saturated rings. The molecule has 0 aliphatic heterocycles. The molecule has 3 aromatic rings. The van der Waals surface area contributed by atoms with Crippen molar-refractivity contribution >= 4 is 23.1 Å². The Morgan fingerprint density at radius 3 is 2.60 bits per heavy atom. The maximum Gasteiger partial charge on any atom is 0.280 e. The third kappa shape index (κ3) is 1.96. The van der Waals surface area contributed by atoms with Gasteiger partial charge in [0.25, 0.3) is 5.56 Å². The molecule has 0 bridgehead atoms. The number of aromatic amines is 1. The molecule has 0 spiro atoms. The fraction of sp³-hybridized carbons (Fsp3) is 0.0833. The van der Waals surface area contributed by atoms with Crippen molar-refractivity contribution in [3.05, 3.63) is 46.0 Å². The second-order valence-electron chi connectivity index (χ2n) is 4.31. The number of anilines is 2. The van der Waals surface area contributed by atoms with Gasteiger partial charge in [0.1, 0.15) is 5.82 Å². The van der Waals surface area contributed by atoms with Crippen molar-refractivity contribution in [2.45, 2.75) is 6.54 Å². The van der Waals surface area contributed by atoms with Gasteiger partial charge in [-0.1, -0.05) is 12.1 Å². The first-order valence-corrected chi connectivity index (χ1v) is 5.80. The van der Waals surface area contributed by atoms with E-state index in [2.05, 4.69) is 15.0 Å². The van der Waals surface area contributed by atoms with Gasteiger partial charge in [-0.25, -0.2) is 9.37 Å². The Hall–Kier alpha value is -2.90. The highest BCUT2D eigenvalue weighted by Gasteiger charge is 2.13. The smallest absolute Gasteiger partial charge is 0.280 e. The lowest BCUT2D eigenvalue weighted by molar-refractivity contribution is 0.626. The molecule has 0 aliphatic rings. The monoisotopic (exact) mass is 274 g/mol. The Morgan fingerprint density at radius 2 is 1.90 bits per heavy atom. The molecule has 8 heteroatoms. The van der Waals surface area contributed by atoms with E-state index in [1.54, 1.807) is 16.7 Å². The SMILES string of the molecule is Nc1nc2c(nc(N)n2Cc2ccc(F)cc2)c(=O)[nH]1. The Kier molecular flexibility index (Phi) is 2.63. The fourth-order valence-electron chi connectivity index (χ4n) is 1.97. The van der Waals surface area contributed by atoms with Crippen molar-refractivity contribution in [1.29, 1.82) is 0 Å². The zero-order valence-electron chi connectivity index (χ0n) is 10.3. The third-order valence-corrected chi connectivity index (χ3v) is 2.91. The molecule has 0 saturated carbocycles. The van der Waals surface area contributed by atoms with Crippen LogP contribution in [-0.2, 0) is 6.54 Å². The summed E-state index contributed by atoms with van der Waals surface area (Å²) in [6, 6.07) is 5.94. The normalized spacial score (nSPS) is 11.1. The van der Waals surface area contributed by atoms with Crippen LogP contribution in [0.15, 0.2) is 29.1 Å². The molecule has 5 N–H and O–H groups in total. The number of halogens is 1. The highest BCUT2D eigenvalue weighted by molar-refractivity contribution is 5.74. The average molecular weight is 274 g/mol. The number of nitrogens with zero attached hydrogens (tertiary/aromatic N) is 3. The number of rotatable bonds is 2. The number of nitrogens with one attached hydrogen (secondary N) is 1. The Balaban J connectivity index is 2.13. The van der Waals surface area contributed by atoms with E-state index in [-0.39, 0.29) is 23.2 Å². The molecule has 102 valence electrons. The highest BCUT2D eigenvalue weighted by atomic mass is 19.1. The maximum atomic E-state index is 12.9. The number of fused-ring (bicyclic) bond motifs is 1. The minimum absolute atomic E-state index is 0.0113. The first-order chi connectivity index (χ1) is 9.54. The predicted molar refractivity (Wildman–Crippen MR) is 72.5 cm³/mol. The molecule has 0 radical (unpaired) electrons. The Bertz CT molecular complexity index is 836. The highest BCUT2D eigenvalue weighted by Crippen LogP contribution is 2.15. The minimum Gasteiger partial charge on any atom is -0.369 e. The molecule has 0 unspecified atom stereocenters. The van der Waals surface area contributed by atoms with Crippen LogP contribution >= 0.6 is 0 Å². The van der Waals surface area contributed by atoms with Gasteiger partial charge in [0, 0.05) is 0 Å². The second-order valence-corrected chi connectivity index (χ2v) is 4.31. The number of H-pyrrole nitrogens is 1. The predicted octanol–water partition coefficient (Wildman–Crippen LogP) is 0.471. The summed E-state index contributed by atoms with van der Waals surface area (Å²) in [4.78, 5) is 22.1. The summed E-state index contributed by atoms with van der Waals surface area (Å²) in [6.07, 6.45) is 0. The van der Waals surface area contributed by atoms with Crippen LogP contribution in [0, 0.1) is 5.82 Å². The molecule has 0 atom stereocenters. The molecule has 1 aromatic carbocycles. The quantitative estimate of drug-likeness (QED) is 0.628. The summed E-state index contributed by atoms with van der Waals surface area (Å²) in [5, 5.41) is 0. The molecule has 2 heterocycles. The Labute approximate surface area is 112 Å². The lowest BCUT2D eigenvalue weighted by atomic mass is 10.2. The van der Waals surface area contributed by atoms with Gasteiger partial charge in [-0.3, -0.25) is 14.3 Å². The molecule has 3 rings (SSSR count). The van der Waals surface area contributed by atoms with Gasteiger partial charge in [0.05, 0.1) is 6.54 Å². The molecule has 20 heavy (non-hydrogen) atoms. The van der Waals surface area contributed by atoms with Crippen molar-refractivity contribution in [2.75, 3.05) is 11.5 Å². The standard InChI is InChI=1S/C12H11FN6O/c13-7-3-1-6(2-4-7)5-19-9-8(16-12(19)15)10(20)18-11(14)17-9/h1-4H,5H2,(H2,15,16)(H3,14,17,18,20). The van der Waals surface area contributed by atoms with E-state index >= 15 is 0 Å². The van der Waals surface area contributed by atoms with Crippen LogP contribution in [0.1, 0.15) is 5.56 Å². The van der Waals surface area contributed by atoms with E-state index in [0.29, 0.717) is 12.2 Å². The van der Waals surface area contributed by atoms with Crippen LogP contribution < -0.4 is 17.0 Å². The van der Waals surface area contributed by atoms with Crippen LogP contribution in [0.4, 0.5) is 16.3 Å². The average Bonchev–Trinajstić information content (AvgIpc) is 2.70. The van der Waals surface area contributed by atoms with E-state index in [1.165, 1.54) is 12.1 Å². The van der Waals surface area contributed by atoms with E-state index in [4.69, 9.17) is 11.5 Å². The van der Waals surface area contributed by atoms with Crippen LogP contribution in [0.3, 0.4) is 0 Å². The molecule has 7 nitrogen and oxygen atoms in total. The van der Waals surface area contributed by atoms with E-state index in [1.807, 2.05) is 0 Å². The lowest BCUT2D eigenvalue weighted by Gasteiger charge is -2.06. The zero-order chi connectivity index (χ0) is 14.3. The largest absolute Gasteiger partial charge is 0.369 e.